The molecule has 0 aromatic carbocycles. The van der Waals surface area contributed by atoms with Crippen molar-refractivity contribution in [2.75, 3.05) is 19.6 Å². The molecule has 1 heterocycles. The van der Waals surface area contributed by atoms with Crippen molar-refractivity contribution in [2.24, 2.45) is 5.41 Å². The number of carbonyl (C=O) groups is 2. The van der Waals surface area contributed by atoms with Crippen molar-refractivity contribution in [1.29, 1.82) is 0 Å². The maximum absolute atomic E-state index is 11.9. The van der Waals surface area contributed by atoms with E-state index in [9.17, 15) is 9.59 Å². The monoisotopic (exact) mass is 268 g/mol. The number of piperidine rings is 1. The number of urea groups is 1. The van der Waals surface area contributed by atoms with Gasteiger partial charge < -0.3 is 15.3 Å². The number of nitrogens with zero attached hydrogens (tertiary/aromatic N) is 1. The van der Waals surface area contributed by atoms with Crippen molar-refractivity contribution >= 4 is 12.0 Å². The number of amides is 2. The number of nitrogens with one attached hydrogen (secondary N) is 1. The van der Waals surface area contributed by atoms with Crippen LogP contribution in [-0.4, -0.2) is 41.6 Å². The first-order valence-corrected chi connectivity index (χ1v) is 7.36. The molecule has 2 fully saturated rings. The van der Waals surface area contributed by atoms with Gasteiger partial charge in [-0.25, -0.2) is 4.79 Å². The van der Waals surface area contributed by atoms with E-state index >= 15 is 0 Å². The molecule has 1 aliphatic carbocycles. The zero-order valence-corrected chi connectivity index (χ0v) is 11.5. The summed E-state index contributed by atoms with van der Waals surface area (Å²) in [5, 5.41) is 11.2. The highest BCUT2D eigenvalue weighted by molar-refractivity contribution is 5.75. The molecule has 1 aliphatic heterocycles. The van der Waals surface area contributed by atoms with Crippen LogP contribution in [-0.2, 0) is 4.79 Å². The molecule has 1 saturated carbocycles. The predicted octanol–water partition coefficient (Wildman–Crippen LogP) is 2.22. The summed E-state index contributed by atoms with van der Waals surface area (Å²) < 4.78 is 0. The predicted molar refractivity (Wildman–Crippen MR) is 72.0 cm³/mol. The summed E-state index contributed by atoms with van der Waals surface area (Å²) in [6, 6.07) is -0.105. The topological polar surface area (TPSA) is 69.6 Å². The van der Waals surface area contributed by atoms with Gasteiger partial charge in [-0.05, 0) is 31.1 Å². The number of hydrogen-bond donors (Lipinski definition) is 2. The van der Waals surface area contributed by atoms with E-state index < -0.39 is 5.97 Å². The Labute approximate surface area is 114 Å². The fourth-order valence-electron chi connectivity index (χ4n) is 3.37. The van der Waals surface area contributed by atoms with E-state index in [1.165, 1.54) is 32.1 Å². The van der Waals surface area contributed by atoms with Crippen LogP contribution in [0.3, 0.4) is 0 Å². The number of aliphatic carboxylic acids is 1. The second kappa shape index (κ2) is 6.26. The Balaban J connectivity index is 1.73. The van der Waals surface area contributed by atoms with Gasteiger partial charge in [-0.1, -0.05) is 19.3 Å². The smallest absolute Gasteiger partial charge is 0.317 e. The molecule has 0 aromatic rings. The number of rotatable bonds is 3. The molecule has 1 spiro atoms. The molecule has 0 bridgehead atoms. The molecule has 5 nitrogen and oxygen atoms in total. The fraction of sp³-hybridized carbons (Fsp3) is 0.857. The molecule has 2 amide bonds. The van der Waals surface area contributed by atoms with Crippen molar-refractivity contribution in [2.45, 2.75) is 51.4 Å². The van der Waals surface area contributed by atoms with E-state index in [2.05, 4.69) is 5.32 Å². The summed E-state index contributed by atoms with van der Waals surface area (Å²) in [5.41, 5.74) is 0.496. The molecule has 5 heteroatoms. The average molecular weight is 268 g/mol. The lowest BCUT2D eigenvalue weighted by atomic mass is 9.68. The average Bonchev–Trinajstić information content (AvgIpc) is 2.40. The maximum Gasteiger partial charge on any atom is 0.317 e. The molecule has 2 N–H and O–H groups in total. The van der Waals surface area contributed by atoms with Gasteiger partial charge in [-0.2, -0.15) is 0 Å². The highest BCUT2D eigenvalue weighted by Crippen LogP contribution is 2.44. The van der Waals surface area contributed by atoms with Crippen LogP contribution in [0.2, 0.25) is 0 Å². The highest BCUT2D eigenvalue weighted by atomic mass is 16.4. The van der Waals surface area contributed by atoms with Gasteiger partial charge in [0, 0.05) is 19.6 Å². The molecule has 19 heavy (non-hydrogen) atoms. The molecular formula is C14H24N2O3. The van der Waals surface area contributed by atoms with E-state index in [1.54, 1.807) is 0 Å². The van der Waals surface area contributed by atoms with E-state index in [-0.39, 0.29) is 19.0 Å². The van der Waals surface area contributed by atoms with Crippen LogP contribution in [0.1, 0.15) is 51.4 Å². The first kappa shape index (κ1) is 14.2. The number of carboxylic acid groups (broad SMARTS) is 1. The molecular weight excluding hydrogens is 244 g/mol. The summed E-state index contributed by atoms with van der Waals surface area (Å²) in [5.74, 6) is -0.875. The molecule has 0 atom stereocenters. The largest absolute Gasteiger partial charge is 0.481 e. The SMILES string of the molecule is O=C(O)CCNC(=O)N1CCC2(CCCCC2)CC1. The number of carbonyl (C=O) groups excluding carboxylic acids is 1. The van der Waals surface area contributed by atoms with Crippen LogP contribution in [0.4, 0.5) is 4.79 Å². The molecule has 108 valence electrons. The Kier molecular flexibility index (Phi) is 4.66. The third-order valence-electron chi connectivity index (χ3n) is 4.64. The molecule has 0 unspecified atom stereocenters. The summed E-state index contributed by atoms with van der Waals surface area (Å²) >= 11 is 0. The minimum absolute atomic E-state index is 0.0104. The van der Waals surface area contributed by atoms with Gasteiger partial charge in [0.2, 0.25) is 0 Å². The van der Waals surface area contributed by atoms with Crippen LogP contribution < -0.4 is 5.32 Å². The van der Waals surface area contributed by atoms with E-state index in [0.717, 1.165) is 25.9 Å². The van der Waals surface area contributed by atoms with Crippen molar-refractivity contribution in [3.05, 3.63) is 0 Å². The van der Waals surface area contributed by atoms with Crippen LogP contribution in [0, 0.1) is 5.41 Å². The first-order valence-electron chi connectivity index (χ1n) is 7.36. The van der Waals surface area contributed by atoms with Crippen molar-refractivity contribution in [1.82, 2.24) is 10.2 Å². The maximum atomic E-state index is 11.9. The summed E-state index contributed by atoms with van der Waals surface area (Å²) in [6.07, 6.45) is 8.89. The van der Waals surface area contributed by atoms with Crippen LogP contribution in [0.5, 0.6) is 0 Å². The molecule has 0 radical (unpaired) electrons. The lowest BCUT2D eigenvalue weighted by Gasteiger charge is -2.44. The van der Waals surface area contributed by atoms with Crippen molar-refractivity contribution < 1.29 is 14.7 Å². The number of likely N-dealkylation sites (tertiary alicyclic amines) is 1. The van der Waals surface area contributed by atoms with Gasteiger partial charge in [0.1, 0.15) is 0 Å². The zero-order valence-electron chi connectivity index (χ0n) is 11.5. The van der Waals surface area contributed by atoms with Gasteiger partial charge in [-0.3, -0.25) is 4.79 Å². The van der Waals surface area contributed by atoms with Gasteiger partial charge in [-0.15, -0.1) is 0 Å². The number of hydrogen-bond acceptors (Lipinski definition) is 2. The van der Waals surface area contributed by atoms with Crippen LogP contribution in [0.15, 0.2) is 0 Å². The Morgan fingerprint density at radius 2 is 1.68 bits per heavy atom. The summed E-state index contributed by atoms with van der Waals surface area (Å²) in [6.45, 7) is 1.85. The van der Waals surface area contributed by atoms with Gasteiger partial charge in [0.15, 0.2) is 0 Å². The Morgan fingerprint density at radius 3 is 2.26 bits per heavy atom. The molecule has 2 aliphatic rings. The quantitative estimate of drug-likeness (QED) is 0.824. The Hall–Kier alpha value is -1.26. The van der Waals surface area contributed by atoms with E-state index in [4.69, 9.17) is 5.11 Å². The third-order valence-corrected chi connectivity index (χ3v) is 4.64. The Bertz CT molecular complexity index is 328. The first-order chi connectivity index (χ1) is 9.11. The van der Waals surface area contributed by atoms with E-state index in [0.29, 0.717) is 5.41 Å². The van der Waals surface area contributed by atoms with Crippen LogP contribution in [0.25, 0.3) is 0 Å². The molecule has 1 saturated heterocycles. The minimum atomic E-state index is -0.875. The lowest BCUT2D eigenvalue weighted by molar-refractivity contribution is -0.136. The van der Waals surface area contributed by atoms with Crippen molar-refractivity contribution in [3.8, 4) is 0 Å². The van der Waals surface area contributed by atoms with E-state index in [1.807, 2.05) is 4.90 Å². The second-order valence-corrected chi connectivity index (χ2v) is 5.92. The Morgan fingerprint density at radius 1 is 1.05 bits per heavy atom. The molecule has 2 rings (SSSR count). The zero-order chi connectivity index (χ0) is 13.7. The van der Waals surface area contributed by atoms with Crippen LogP contribution >= 0.6 is 0 Å². The van der Waals surface area contributed by atoms with Gasteiger partial charge in [0.25, 0.3) is 0 Å². The molecule has 0 aromatic heterocycles. The second-order valence-electron chi connectivity index (χ2n) is 5.92. The summed E-state index contributed by atoms with van der Waals surface area (Å²) in [4.78, 5) is 24.1. The van der Waals surface area contributed by atoms with Gasteiger partial charge >= 0.3 is 12.0 Å². The standard InChI is InChI=1S/C14H24N2O3/c17-12(18)4-9-15-13(19)16-10-7-14(8-11-16)5-2-1-3-6-14/h1-11H2,(H,15,19)(H,17,18). The number of carboxylic acids is 1. The highest BCUT2D eigenvalue weighted by Gasteiger charge is 2.36. The fourth-order valence-corrected chi connectivity index (χ4v) is 3.37. The lowest BCUT2D eigenvalue weighted by Crippen LogP contribution is -2.48. The minimum Gasteiger partial charge on any atom is -0.481 e. The third kappa shape index (κ3) is 3.85. The van der Waals surface area contributed by atoms with Gasteiger partial charge in [0.05, 0.1) is 6.42 Å². The summed E-state index contributed by atoms with van der Waals surface area (Å²) in [7, 11) is 0. The van der Waals surface area contributed by atoms with Crippen molar-refractivity contribution in [3.63, 3.8) is 0 Å². The normalized spacial score (nSPS) is 22.2.